The molecule has 2 aromatic rings. The van der Waals surface area contributed by atoms with Gasteiger partial charge in [-0.05, 0) is 124 Å². The third kappa shape index (κ3) is 21.0. The van der Waals surface area contributed by atoms with Crippen molar-refractivity contribution in [1.29, 1.82) is 0 Å². The van der Waals surface area contributed by atoms with Gasteiger partial charge in [0.15, 0.2) is 0 Å². The van der Waals surface area contributed by atoms with Crippen molar-refractivity contribution in [1.82, 2.24) is 0 Å². The number of unbranched alkanes of at least 4 members (excludes halogenated alkanes) is 14. The first-order chi connectivity index (χ1) is 28.9. The number of aryl methyl sites for hydroxylation is 4. The van der Waals surface area contributed by atoms with Crippen LogP contribution in [0.15, 0.2) is 47.5 Å². The molecule has 0 unspecified atom stereocenters. The quantitative estimate of drug-likeness (QED) is 0.0400. The van der Waals surface area contributed by atoms with Crippen LogP contribution >= 0.6 is 0 Å². The van der Waals surface area contributed by atoms with Crippen molar-refractivity contribution < 1.29 is 27.5 Å². The van der Waals surface area contributed by atoms with Crippen LogP contribution in [0.3, 0.4) is 0 Å². The predicted octanol–water partition coefficient (Wildman–Crippen LogP) is 17.5. The number of hydrogen-bond donors (Lipinski definition) is 0. The molecule has 0 fully saturated rings. The molecule has 0 aliphatic carbocycles. The molecule has 338 valence electrons. The molecular formula is C54H90N2NiO2. The van der Waals surface area contributed by atoms with Crippen molar-refractivity contribution in [3.05, 3.63) is 86.5 Å². The summed E-state index contributed by atoms with van der Waals surface area (Å²) in [6.45, 7) is 19.5. The Morgan fingerprint density at radius 2 is 0.678 bits per heavy atom. The monoisotopic (exact) mass is 857 g/mol. The second kappa shape index (κ2) is 34.5. The molecule has 0 N–H and O–H groups in total. The SMILES string of the molecule is CCCCCCCCc1cc(CCCCCCCC)cc(C2=C(CCCC)C(CCCC)=C(c3cc(CCCC)cc(CCCC)c3)[N+]2=[N-])c1.CCC[O][Ni][O]CCC. The second-order valence-electron chi connectivity index (χ2n) is 17.1. The van der Waals surface area contributed by atoms with Crippen molar-refractivity contribution in [2.24, 2.45) is 0 Å². The normalized spacial score (nSPS) is 12.9. The molecule has 59 heavy (non-hydrogen) atoms. The number of rotatable bonds is 34. The van der Waals surface area contributed by atoms with Gasteiger partial charge in [-0.1, -0.05) is 144 Å². The van der Waals surface area contributed by atoms with E-state index in [1.165, 1.54) is 147 Å². The molecule has 0 bridgehead atoms. The summed E-state index contributed by atoms with van der Waals surface area (Å²) < 4.78 is 11.7. The van der Waals surface area contributed by atoms with E-state index in [0.717, 1.165) is 117 Å². The van der Waals surface area contributed by atoms with Gasteiger partial charge in [-0.3, -0.25) is 0 Å². The zero-order valence-electron chi connectivity index (χ0n) is 39.7. The Balaban J connectivity index is 0.00000119. The third-order valence-corrected chi connectivity index (χ3v) is 12.1. The summed E-state index contributed by atoms with van der Waals surface area (Å²) in [4.78, 5) is 0. The van der Waals surface area contributed by atoms with Gasteiger partial charge < -0.3 is 5.53 Å². The van der Waals surface area contributed by atoms with Gasteiger partial charge in [-0.15, -0.1) is 0 Å². The van der Waals surface area contributed by atoms with Crippen LogP contribution < -0.4 is 0 Å². The van der Waals surface area contributed by atoms with Crippen LogP contribution in [0.25, 0.3) is 16.9 Å². The summed E-state index contributed by atoms with van der Waals surface area (Å²) in [5, 5.41) is 0. The van der Waals surface area contributed by atoms with E-state index in [1.807, 2.05) is 0 Å². The van der Waals surface area contributed by atoms with E-state index in [2.05, 4.69) is 91.8 Å². The molecule has 0 aromatic heterocycles. The molecule has 3 rings (SSSR count). The minimum absolute atomic E-state index is 0.781. The minimum atomic E-state index is 0.781. The summed E-state index contributed by atoms with van der Waals surface area (Å²) in [6, 6.07) is 14.7. The zero-order valence-corrected chi connectivity index (χ0v) is 40.7. The Hall–Kier alpha value is -2.07. The van der Waals surface area contributed by atoms with Crippen molar-refractivity contribution in [2.75, 3.05) is 13.2 Å². The standard InChI is InChI=1S/C48H76N2.2C3H7O.Ni/c1-7-13-19-21-23-25-29-41-34-42(30-26-24-22-20-14-8-2)38-44(37-41)48-46(32-18-12-6)45(31-17-11-5)47(50(48)49)43-35-39(27-15-9-3)33-40(36-43)28-16-10-4;2*1-2-3-4;/h33-38H,7-32H2,1-6H3;2*2-3H2,1H3;/q;2*-1;+2. The molecule has 0 radical (unpaired) electrons. The zero-order chi connectivity index (χ0) is 42.9. The van der Waals surface area contributed by atoms with Gasteiger partial charge in [0, 0.05) is 22.3 Å². The molecular weight excluding hydrogens is 767 g/mol. The molecule has 0 atom stereocenters. The van der Waals surface area contributed by atoms with E-state index in [-0.39, 0.29) is 0 Å². The fourth-order valence-corrected chi connectivity index (χ4v) is 8.71. The fraction of sp³-hybridized carbons (Fsp3) is 0.704. The van der Waals surface area contributed by atoms with E-state index in [1.54, 1.807) is 4.70 Å². The van der Waals surface area contributed by atoms with Gasteiger partial charge in [0.2, 0.25) is 11.4 Å². The first-order valence-electron chi connectivity index (χ1n) is 25.0. The second-order valence-corrected chi connectivity index (χ2v) is 17.9. The first-order valence-corrected chi connectivity index (χ1v) is 25.8. The topological polar surface area (TPSA) is 43.8 Å². The third-order valence-electron chi connectivity index (χ3n) is 11.5. The fourth-order valence-electron chi connectivity index (χ4n) is 8.06. The average Bonchev–Trinajstić information content (AvgIpc) is 3.53. The van der Waals surface area contributed by atoms with Crippen molar-refractivity contribution in [2.45, 2.75) is 235 Å². The van der Waals surface area contributed by atoms with Crippen LogP contribution in [0.2, 0.25) is 0 Å². The van der Waals surface area contributed by atoms with E-state index >= 15 is 0 Å². The first kappa shape index (κ1) is 53.1. The van der Waals surface area contributed by atoms with Gasteiger partial charge in [0.25, 0.3) is 0 Å². The number of allylic oxidation sites excluding steroid dienone is 2. The molecule has 0 saturated carbocycles. The molecule has 1 aliphatic heterocycles. The molecule has 5 heteroatoms. The van der Waals surface area contributed by atoms with Gasteiger partial charge in [0.05, 0.1) is 0 Å². The summed E-state index contributed by atoms with van der Waals surface area (Å²) in [5.74, 6) is 0. The summed E-state index contributed by atoms with van der Waals surface area (Å²) in [7, 11) is 0. The van der Waals surface area contributed by atoms with Crippen LogP contribution in [0.5, 0.6) is 0 Å². The maximum atomic E-state index is 12.5. The Morgan fingerprint density at radius 1 is 0.373 bits per heavy atom. The van der Waals surface area contributed by atoms with Crippen LogP contribution in [-0.2, 0) is 48.5 Å². The number of nitrogens with zero attached hydrogens (tertiary/aromatic N) is 2. The van der Waals surface area contributed by atoms with Gasteiger partial charge in [-0.25, -0.2) is 4.70 Å². The van der Waals surface area contributed by atoms with Crippen molar-refractivity contribution in [3.8, 4) is 0 Å². The molecule has 2 aromatic carbocycles. The van der Waals surface area contributed by atoms with Crippen LogP contribution in [0, 0.1) is 0 Å². The van der Waals surface area contributed by atoms with Crippen molar-refractivity contribution >= 4 is 11.4 Å². The van der Waals surface area contributed by atoms with Crippen LogP contribution in [0.1, 0.15) is 243 Å². The summed E-state index contributed by atoms with van der Waals surface area (Å²) >= 11 is 0.942. The summed E-state index contributed by atoms with van der Waals surface area (Å²) in [6.07, 6.45) is 34.0. The summed E-state index contributed by atoms with van der Waals surface area (Å²) in [5.41, 5.74) is 25.7. The molecule has 0 spiro atoms. The average molecular weight is 858 g/mol. The molecule has 1 aliphatic rings. The van der Waals surface area contributed by atoms with Crippen molar-refractivity contribution in [3.63, 3.8) is 0 Å². The Bertz CT molecular complexity index is 1410. The Labute approximate surface area is 372 Å². The van der Waals surface area contributed by atoms with Gasteiger partial charge in [-0.2, -0.15) is 0 Å². The van der Waals surface area contributed by atoms with Gasteiger partial charge in [0.1, 0.15) is 0 Å². The van der Waals surface area contributed by atoms with E-state index < -0.39 is 0 Å². The number of hydrogen-bond acceptors (Lipinski definition) is 2. The Kier molecular flexibility index (Phi) is 31.0. The molecule has 4 nitrogen and oxygen atoms in total. The van der Waals surface area contributed by atoms with Gasteiger partial charge >= 0.3 is 62.7 Å². The van der Waals surface area contributed by atoms with E-state index in [4.69, 9.17) is 7.76 Å². The molecule has 0 saturated heterocycles. The molecule has 1 heterocycles. The Morgan fingerprint density at radius 3 is 1.02 bits per heavy atom. The van der Waals surface area contributed by atoms with Crippen LogP contribution in [-0.4, -0.2) is 17.9 Å². The number of benzene rings is 2. The maximum absolute atomic E-state index is 12.5. The predicted molar refractivity (Wildman–Crippen MR) is 253 cm³/mol. The van der Waals surface area contributed by atoms with E-state index in [9.17, 15) is 5.53 Å². The van der Waals surface area contributed by atoms with E-state index in [0.29, 0.717) is 0 Å². The molecule has 0 amide bonds. The van der Waals surface area contributed by atoms with Crippen LogP contribution in [0.4, 0.5) is 0 Å².